The molecule has 0 saturated carbocycles. The summed E-state index contributed by atoms with van der Waals surface area (Å²) in [4.78, 5) is 17.6. The molecule has 0 fully saturated rings. The number of aromatic nitrogens is 1. The monoisotopic (exact) mass is 269 g/mol. The number of hydrogen-bond donors (Lipinski definition) is 1. The number of methoxy groups -OCH3 is 1. The van der Waals surface area contributed by atoms with Crippen LogP contribution in [0.1, 0.15) is 21.8 Å². The lowest BCUT2D eigenvalue weighted by Crippen LogP contribution is -2.28. The van der Waals surface area contributed by atoms with Crippen molar-refractivity contribution in [3.05, 3.63) is 10.6 Å². The van der Waals surface area contributed by atoms with Crippen molar-refractivity contribution in [1.82, 2.24) is 4.98 Å². The second-order valence-electron chi connectivity index (χ2n) is 3.59. The minimum absolute atomic E-state index is 0.0781. The van der Waals surface area contributed by atoms with Gasteiger partial charge in [-0.1, -0.05) is 0 Å². The van der Waals surface area contributed by atoms with Gasteiger partial charge in [0.1, 0.15) is 0 Å². The van der Waals surface area contributed by atoms with Crippen molar-refractivity contribution in [2.24, 2.45) is 0 Å². The summed E-state index contributed by atoms with van der Waals surface area (Å²) < 4.78 is 4.99. The van der Waals surface area contributed by atoms with E-state index in [4.69, 9.17) is 15.1 Å². The van der Waals surface area contributed by atoms with E-state index < -0.39 is 5.97 Å². The van der Waals surface area contributed by atoms with Gasteiger partial charge in [-0.25, -0.2) is 9.78 Å². The van der Waals surface area contributed by atoms with Gasteiger partial charge in [-0.3, -0.25) is 0 Å². The third-order valence-electron chi connectivity index (χ3n) is 2.32. The molecule has 7 heteroatoms. The summed E-state index contributed by atoms with van der Waals surface area (Å²) in [5, 5.41) is 18.2. The number of thiazole rings is 1. The quantitative estimate of drug-likeness (QED) is 0.807. The van der Waals surface area contributed by atoms with Gasteiger partial charge in [-0.15, -0.1) is 11.3 Å². The van der Waals surface area contributed by atoms with Gasteiger partial charge in [0.15, 0.2) is 10.8 Å². The predicted molar refractivity (Wildman–Crippen MR) is 68.1 cm³/mol. The van der Waals surface area contributed by atoms with Crippen LogP contribution in [0.5, 0.6) is 0 Å². The van der Waals surface area contributed by atoms with Crippen molar-refractivity contribution in [2.75, 3.05) is 31.7 Å². The van der Waals surface area contributed by atoms with Gasteiger partial charge in [0.05, 0.1) is 19.1 Å². The molecule has 0 radical (unpaired) electrons. The van der Waals surface area contributed by atoms with Gasteiger partial charge in [-0.05, 0) is 6.92 Å². The van der Waals surface area contributed by atoms with E-state index in [1.807, 2.05) is 4.90 Å². The number of carboxylic acids is 1. The Labute approximate surface area is 109 Å². The zero-order valence-corrected chi connectivity index (χ0v) is 11.2. The van der Waals surface area contributed by atoms with E-state index in [1.54, 1.807) is 14.0 Å². The molecule has 0 aliphatic heterocycles. The number of ether oxygens (including phenoxy) is 1. The van der Waals surface area contributed by atoms with Crippen molar-refractivity contribution < 1.29 is 14.6 Å². The predicted octanol–water partition coefficient (Wildman–Crippen LogP) is 1.52. The summed E-state index contributed by atoms with van der Waals surface area (Å²) in [6.45, 7) is 3.34. The lowest BCUT2D eigenvalue weighted by atomic mass is 10.4. The third kappa shape index (κ3) is 3.68. The van der Waals surface area contributed by atoms with Crippen molar-refractivity contribution in [1.29, 1.82) is 5.26 Å². The first-order valence-corrected chi connectivity index (χ1v) is 6.23. The number of nitriles is 1. The number of anilines is 1. The molecule has 0 aliphatic rings. The fourth-order valence-corrected chi connectivity index (χ4v) is 2.36. The van der Waals surface area contributed by atoms with Crippen molar-refractivity contribution in [3.8, 4) is 6.07 Å². The van der Waals surface area contributed by atoms with E-state index in [0.29, 0.717) is 36.1 Å². The van der Waals surface area contributed by atoms with Crippen LogP contribution in [0, 0.1) is 18.3 Å². The van der Waals surface area contributed by atoms with E-state index >= 15 is 0 Å². The van der Waals surface area contributed by atoms with Crippen LogP contribution in [0.2, 0.25) is 0 Å². The Bertz CT molecular complexity index is 453. The highest BCUT2D eigenvalue weighted by Crippen LogP contribution is 2.25. The maximum Gasteiger partial charge on any atom is 0.355 e. The second-order valence-corrected chi connectivity index (χ2v) is 4.78. The standard InChI is InChI=1S/C11H15N3O3S/c1-8-9(10(15)16)13-11(18-8)14(5-3-4-12)6-7-17-2/h3,5-7H2,1-2H3,(H,15,16). The average Bonchev–Trinajstić information content (AvgIpc) is 2.71. The summed E-state index contributed by atoms with van der Waals surface area (Å²) in [6, 6.07) is 2.07. The van der Waals surface area contributed by atoms with E-state index in [9.17, 15) is 4.79 Å². The molecule has 1 aromatic rings. The molecule has 0 saturated heterocycles. The van der Waals surface area contributed by atoms with E-state index in [2.05, 4.69) is 11.1 Å². The summed E-state index contributed by atoms with van der Waals surface area (Å²) >= 11 is 1.32. The van der Waals surface area contributed by atoms with Crippen molar-refractivity contribution >= 4 is 22.4 Å². The molecule has 0 aliphatic carbocycles. The van der Waals surface area contributed by atoms with Crippen molar-refractivity contribution in [3.63, 3.8) is 0 Å². The molecule has 6 nitrogen and oxygen atoms in total. The first kappa shape index (κ1) is 14.4. The number of carbonyl (C=O) groups is 1. The van der Waals surface area contributed by atoms with Crippen LogP contribution in [-0.4, -0.2) is 42.9 Å². The van der Waals surface area contributed by atoms with Crippen molar-refractivity contribution in [2.45, 2.75) is 13.3 Å². The second kappa shape index (κ2) is 6.93. The maximum absolute atomic E-state index is 10.9. The minimum atomic E-state index is -1.03. The Balaban J connectivity index is 2.87. The Morgan fingerprint density at radius 3 is 2.83 bits per heavy atom. The highest BCUT2D eigenvalue weighted by atomic mass is 32.1. The number of hydrogen-bond acceptors (Lipinski definition) is 6. The maximum atomic E-state index is 10.9. The summed E-state index contributed by atoms with van der Waals surface area (Å²) in [5.41, 5.74) is 0.0781. The highest BCUT2D eigenvalue weighted by molar-refractivity contribution is 7.15. The molecule has 98 valence electrons. The smallest absolute Gasteiger partial charge is 0.355 e. The lowest BCUT2D eigenvalue weighted by molar-refractivity contribution is 0.0690. The molecule has 1 heterocycles. The zero-order chi connectivity index (χ0) is 13.5. The summed E-state index contributed by atoms with van der Waals surface area (Å²) in [7, 11) is 1.60. The molecule has 0 spiro atoms. The summed E-state index contributed by atoms with van der Waals surface area (Å²) in [6.07, 6.45) is 0.366. The largest absolute Gasteiger partial charge is 0.476 e. The molecule has 0 aromatic carbocycles. The van der Waals surface area contributed by atoms with E-state index in [0.717, 1.165) is 0 Å². The number of carboxylic acid groups (broad SMARTS) is 1. The molecule has 1 rings (SSSR count). The molecule has 18 heavy (non-hydrogen) atoms. The van der Waals surface area contributed by atoms with Gasteiger partial charge in [0, 0.05) is 25.1 Å². The molecule has 0 amide bonds. The van der Waals surface area contributed by atoms with Crippen LogP contribution < -0.4 is 4.90 Å². The van der Waals surface area contributed by atoms with E-state index in [1.165, 1.54) is 11.3 Å². The Morgan fingerprint density at radius 2 is 2.33 bits per heavy atom. The van der Waals surface area contributed by atoms with Crippen LogP contribution >= 0.6 is 11.3 Å². The fraction of sp³-hybridized carbons (Fsp3) is 0.545. The third-order valence-corrected chi connectivity index (χ3v) is 3.35. The summed E-state index contributed by atoms with van der Waals surface area (Å²) in [5.74, 6) is -1.03. The molecule has 0 atom stereocenters. The first-order valence-electron chi connectivity index (χ1n) is 5.41. The Hall–Kier alpha value is -1.65. The zero-order valence-electron chi connectivity index (χ0n) is 10.3. The molecule has 0 unspecified atom stereocenters. The molecular formula is C11H15N3O3S. The number of nitrogens with zero attached hydrogens (tertiary/aromatic N) is 3. The van der Waals surface area contributed by atoms with Gasteiger partial charge in [-0.2, -0.15) is 5.26 Å². The van der Waals surface area contributed by atoms with Crippen LogP contribution in [0.3, 0.4) is 0 Å². The molecule has 1 N–H and O–H groups in total. The normalized spacial score (nSPS) is 10.1. The minimum Gasteiger partial charge on any atom is -0.476 e. The van der Waals surface area contributed by atoms with Crippen LogP contribution in [0.25, 0.3) is 0 Å². The number of aromatic carboxylic acids is 1. The number of aryl methyl sites for hydroxylation is 1. The number of rotatable bonds is 7. The van der Waals surface area contributed by atoms with Crippen LogP contribution in [0.4, 0.5) is 5.13 Å². The molecule has 0 bridgehead atoms. The average molecular weight is 269 g/mol. The first-order chi connectivity index (χ1) is 8.60. The van der Waals surface area contributed by atoms with Crippen LogP contribution in [-0.2, 0) is 4.74 Å². The SMILES string of the molecule is COCCN(CCC#N)c1nc(C(=O)O)c(C)s1. The Kier molecular flexibility index (Phi) is 5.55. The van der Waals surface area contributed by atoms with E-state index in [-0.39, 0.29) is 5.69 Å². The molecule has 1 aromatic heterocycles. The lowest BCUT2D eigenvalue weighted by Gasteiger charge is -2.19. The van der Waals surface area contributed by atoms with Gasteiger partial charge >= 0.3 is 5.97 Å². The topological polar surface area (TPSA) is 86.5 Å². The Morgan fingerprint density at radius 1 is 1.61 bits per heavy atom. The van der Waals surface area contributed by atoms with Gasteiger partial charge in [0.2, 0.25) is 0 Å². The molecular weight excluding hydrogens is 254 g/mol. The highest BCUT2D eigenvalue weighted by Gasteiger charge is 2.17. The van der Waals surface area contributed by atoms with Crippen LogP contribution in [0.15, 0.2) is 0 Å². The van der Waals surface area contributed by atoms with Gasteiger partial charge in [0.25, 0.3) is 0 Å². The fourth-order valence-electron chi connectivity index (χ4n) is 1.41. The van der Waals surface area contributed by atoms with Gasteiger partial charge < -0.3 is 14.7 Å².